The summed E-state index contributed by atoms with van der Waals surface area (Å²) in [5.41, 5.74) is 0.923. The quantitative estimate of drug-likeness (QED) is 0.933. The third-order valence-electron chi connectivity index (χ3n) is 3.02. The Morgan fingerprint density at radius 2 is 2.35 bits per heavy atom. The molecule has 0 bridgehead atoms. The topological polar surface area (TPSA) is 40.5 Å². The molecule has 3 nitrogen and oxygen atoms in total. The van der Waals surface area contributed by atoms with E-state index < -0.39 is 12.0 Å². The molecule has 17 heavy (non-hydrogen) atoms. The van der Waals surface area contributed by atoms with Crippen molar-refractivity contribution in [1.29, 1.82) is 0 Å². The van der Waals surface area contributed by atoms with Gasteiger partial charge in [-0.1, -0.05) is 6.07 Å². The zero-order valence-corrected chi connectivity index (χ0v) is 10.8. The van der Waals surface area contributed by atoms with E-state index in [9.17, 15) is 9.18 Å². The molecule has 1 aliphatic rings. The van der Waals surface area contributed by atoms with E-state index in [4.69, 9.17) is 5.11 Å². The number of hydrogen-bond acceptors (Lipinski definition) is 2. The molecule has 1 aromatic rings. The number of benzene rings is 1. The van der Waals surface area contributed by atoms with Crippen molar-refractivity contribution >= 4 is 21.9 Å². The highest BCUT2D eigenvalue weighted by molar-refractivity contribution is 9.10. The molecule has 0 radical (unpaired) electrons. The summed E-state index contributed by atoms with van der Waals surface area (Å²) in [5, 5.41) is 9.05. The minimum absolute atomic E-state index is 0.301. The molecule has 92 valence electrons. The van der Waals surface area contributed by atoms with Gasteiger partial charge in [0.2, 0.25) is 0 Å². The number of nitrogens with zero attached hydrogens (tertiary/aromatic N) is 1. The van der Waals surface area contributed by atoms with Gasteiger partial charge in [0.25, 0.3) is 0 Å². The van der Waals surface area contributed by atoms with Crippen molar-refractivity contribution in [3.63, 3.8) is 0 Å². The SMILES string of the molecule is O=C(O)[C@@H]1CCCN1Cc1ccc(F)c(Br)c1. The molecule has 0 aromatic heterocycles. The number of carbonyl (C=O) groups is 1. The second-order valence-electron chi connectivity index (χ2n) is 4.22. The first-order valence-electron chi connectivity index (χ1n) is 5.48. The zero-order valence-electron chi connectivity index (χ0n) is 9.20. The Balaban J connectivity index is 2.09. The van der Waals surface area contributed by atoms with Crippen molar-refractivity contribution in [2.45, 2.75) is 25.4 Å². The van der Waals surface area contributed by atoms with E-state index in [1.54, 1.807) is 12.1 Å². The maximum absolute atomic E-state index is 13.1. The van der Waals surface area contributed by atoms with Gasteiger partial charge < -0.3 is 5.11 Å². The van der Waals surface area contributed by atoms with Crippen LogP contribution in [0, 0.1) is 5.82 Å². The van der Waals surface area contributed by atoms with E-state index >= 15 is 0 Å². The van der Waals surface area contributed by atoms with E-state index in [2.05, 4.69) is 15.9 Å². The molecule has 0 spiro atoms. The van der Waals surface area contributed by atoms with Gasteiger partial charge in [-0.15, -0.1) is 0 Å². The standard InChI is InChI=1S/C12H13BrFNO2/c13-9-6-8(3-4-10(9)14)7-15-5-1-2-11(15)12(16)17/h3-4,6,11H,1-2,5,7H2,(H,16,17)/t11-/m0/s1. The van der Waals surface area contributed by atoms with Crippen LogP contribution in [0.2, 0.25) is 0 Å². The third kappa shape index (κ3) is 2.84. The van der Waals surface area contributed by atoms with E-state index in [1.807, 2.05) is 4.90 Å². The summed E-state index contributed by atoms with van der Waals surface area (Å²) in [6.07, 6.45) is 1.59. The van der Waals surface area contributed by atoms with Gasteiger partial charge in [-0.2, -0.15) is 0 Å². The molecule has 5 heteroatoms. The predicted octanol–water partition coefficient (Wildman–Crippen LogP) is 2.64. The first-order chi connectivity index (χ1) is 8.08. The Bertz CT molecular complexity index is 439. The third-order valence-corrected chi connectivity index (χ3v) is 3.63. The highest BCUT2D eigenvalue weighted by Crippen LogP contribution is 2.22. The number of carboxylic acid groups (broad SMARTS) is 1. The zero-order chi connectivity index (χ0) is 12.4. The fourth-order valence-corrected chi connectivity index (χ4v) is 2.59. The molecule has 1 N–H and O–H groups in total. The molecular formula is C12H13BrFNO2. The predicted molar refractivity (Wildman–Crippen MR) is 65.2 cm³/mol. The number of hydrogen-bond donors (Lipinski definition) is 1. The van der Waals surface area contributed by atoms with Crippen molar-refractivity contribution in [1.82, 2.24) is 4.90 Å². The molecule has 2 rings (SSSR count). The lowest BCUT2D eigenvalue weighted by Crippen LogP contribution is -2.35. The Labute approximate surface area is 107 Å². The molecule has 0 saturated carbocycles. The lowest BCUT2D eigenvalue weighted by Gasteiger charge is -2.21. The van der Waals surface area contributed by atoms with Gasteiger partial charge in [0.15, 0.2) is 0 Å². The van der Waals surface area contributed by atoms with Crippen LogP contribution in [-0.2, 0) is 11.3 Å². The van der Waals surface area contributed by atoms with Crippen LogP contribution in [0.15, 0.2) is 22.7 Å². The lowest BCUT2D eigenvalue weighted by molar-refractivity contribution is -0.142. The van der Waals surface area contributed by atoms with Gasteiger partial charge in [-0.3, -0.25) is 9.69 Å². The second-order valence-corrected chi connectivity index (χ2v) is 5.07. The van der Waals surface area contributed by atoms with Gasteiger partial charge in [0.1, 0.15) is 11.9 Å². The minimum Gasteiger partial charge on any atom is -0.480 e. The Morgan fingerprint density at radius 1 is 1.59 bits per heavy atom. The largest absolute Gasteiger partial charge is 0.480 e. The summed E-state index contributed by atoms with van der Waals surface area (Å²) in [4.78, 5) is 12.9. The van der Waals surface area contributed by atoms with Crippen LogP contribution in [0.4, 0.5) is 4.39 Å². The number of aliphatic carboxylic acids is 1. The van der Waals surface area contributed by atoms with Crippen molar-refractivity contribution < 1.29 is 14.3 Å². The first-order valence-corrected chi connectivity index (χ1v) is 6.28. The molecule has 0 unspecified atom stereocenters. The molecule has 1 heterocycles. The smallest absolute Gasteiger partial charge is 0.320 e. The van der Waals surface area contributed by atoms with Gasteiger partial charge in [-0.25, -0.2) is 4.39 Å². The summed E-state index contributed by atoms with van der Waals surface area (Å²) in [6, 6.07) is 4.38. The van der Waals surface area contributed by atoms with Crippen LogP contribution in [0.25, 0.3) is 0 Å². The summed E-state index contributed by atoms with van der Waals surface area (Å²) in [7, 11) is 0. The molecule has 1 saturated heterocycles. The van der Waals surface area contributed by atoms with Gasteiger partial charge >= 0.3 is 5.97 Å². The molecule has 1 fully saturated rings. The monoisotopic (exact) mass is 301 g/mol. The number of carboxylic acids is 1. The summed E-state index contributed by atoms with van der Waals surface area (Å²) in [5.74, 6) is -1.08. The van der Waals surface area contributed by atoms with Gasteiger partial charge in [0.05, 0.1) is 4.47 Å². The maximum Gasteiger partial charge on any atom is 0.320 e. The Kier molecular flexibility index (Phi) is 3.79. The maximum atomic E-state index is 13.1. The van der Waals surface area contributed by atoms with E-state index in [-0.39, 0.29) is 5.82 Å². The normalized spacial score (nSPS) is 20.7. The van der Waals surface area contributed by atoms with Crippen molar-refractivity contribution in [3.8, 4) is 0 Å². The van der Waals surface area contributed by atoms with Crippen LogP contribution in [0.5, 0.6) is 0 Å². The van der Waals surface area contributed by atoms with Crippen LogP contribution < -0.4 is 0 Å². The summed E-state index contributed by atoms with van der Waals surface area (Å²) < 4.78 is 13.5. The fourth-order valence-electron chi connectivity index (χ4n) is 2.17. The van der Waals surface area contributed by atoms with Crippen LogP contribution >= 0.6 is 15.9 Å². The molecule has 0 aliphatic carbocycles. The van der Waals surface area contributed by atoms with Crippen molar-refractivity contribution in [2.75, 3.05) is 6.54 Å². The minimum atomic E-state index is -0.774. The summed E-state index contributed by atoms with van der Waals surface area (Å²) in [6.45, 7) is 1.34. The van der Waals surface area contributed by atoms with Crippen molar-refractivity contribution in [3.05, 3.63) is 34.1 Å². The number of rotatable bonds is 3. The van der Waals surface area contributed by atoms with Crippen molar-refractivity contribution in [2.24, 2.45) is 0 Å². The van der Waals surface area contributed by atoms with Gasteiger partial charge in [-0.05, 0) is 53.0 Å². The fraction of sp³-hybridized carbons (Fsp3) is 0.417. The van der Waals surface area contributed by atoms with Crippen LogP contribution in [-0.4, -0.2) is 28.6 Å². The highest BCUT2D eigenvalue weighted by Gasteiger charge is 2.30. The first kappa shape index (κ1) is 12.5. The van der Waals surface area contributed by atoms with E-state index in [0.717, 1.165) is 18.5 Å². The Morgan fingerprint density at radius 3 is 3.00 bits per heavy atom. The number of halogens is 2. The molecular weight excluding hydrogens is 289 g/mol. The van der Waals surface area contributed by atoms with E-state index in [0.29, 0.717) is 17.4 Å². The molecule has 1 aromatic carbocycles. The highest BCUT2D eigenvalue weighted by atomic mass is 79.9. The van der Waals surface area contributed by atoms with Crippen LogP contribution in [0.3, 0.4) is 0 Å². The van der Waals surface area contributed by atoms with Crippen LogP contribution in [0.1, 0.15) is 18.4 Å². The average molecular weight is 302 g/mol. The Hall–Kier alpha value is -0.940. The summed E-state index contributed by atoms with van der Waals surface area (Å²) >= 11 is 3.13. The lowest BCUT2D eigenvalue weighted by atomic mass is 10.2. The van der Waals surface area contributed by atoms with Gasteiger partial charge in [0, 0.05) is 6.54 Å². The molecule has 0 amide bonds. The average Bonchev–Trinajstić information content (AvgIpc) is 2.72. The molecule has 1 atom stereocenters. The second kappa shape index (κ2) is 5.14. The van der Waals surface area contributed by atoms with E-state index in [1.165, 1.54) is 6.07 Å². The molecule has 1 aliphatic heterocycles. The number of likely N-dealkylation sites (tertiary alicyclic amines) is 1.